The average molecular weight is 322 g/mol. The largest absolute Gasteiger partial charge is 0.390 e. The van der Waals surface area contributed by atoms with Gasteiger partial charge in [0.25, 0.3) is 0 Å². The van der Waals surface area contributed by atoms with Gasteiger partial charge in [-0.1, -0.05) is 32.4 Å². The zero-order chi connectivity index (χ0) is 17.4. The molecule has 0 spiro atoms. The van der Waals surface area contributed by atoms with E-state index in [0.717, 1.165) is 25.7 Å². The molecule has 0 aromatic heterocycles. The van der Waals surface area contributed by atoms with Gasteiger partial charge < -0.3 is 10.2 Å². The lowest BCUT2D eigenvalue weighted by Gasteiger charge is -2.34. The lowest BCUT2D eigenvalue weighted by Crippen LogP contribution is -2.40. The quantitative estimate of drug-likeness (QED) is 0.755. The first-order chi connectivity index (χ1) is 10.5. The second-order valence-corrected chi connectivity index (χ2v) is 8.87. The Kier molecular flexibility index (Phi) is 5.42. The third kappa shape index (κ3) is 4.24. The number of rotatable bonds is 5. The van der Waals surface area contributed by atoms with E-state index < -0.39 is 11.2 Å². The molecule has 0 radical (unpaired) electrons. The first-order valence-corrected chi connectivity index (χ1v) is 9.20. The number of carbonyl (C=O) groups excluding carboxylic acids is 1. The van der Waals surface area contributed by atoms with Gasteiger partial charge in [-0.2, -0.15) is 0 Å². The highest BCUT2D eigenvalue weighted by atomic mass is 16.3. The van der Waals surface area contributed by atoms with Gasteiger partial charge in [0.2, 0.25) is 0 Å². The summed E-state index contributed by atoms with van der Waals surface area (Å²) in [6.07, 6.45) is 6.57. The van der Waals surface area contributed by atoms with Gasteiger partial charge in [-0.05, 0) is 57.3 Å². The predicted octanol–water partition coefficient (Wildman–Crippen LogP) is 3.88. The van der Waals surface area contributed by atoms with Crippen LogP contribution in [0, 0.1) is 23.7 Å². The molecule has 3 heteroatoms. The molecule has 0 saturated heterocycles. The Labute approximate surface area is 141 Å². The minimum Gasteiger partial charge on any atom is -0.390 e. The lowest BCUT2D eigenvalue weighted by molar-refractivity contribution is -0.120. The summed E-state index contributed by atoms with van der Waals surface area (Å²) in [7, 11) is 0. The number of hydrogen-bond donors (Lipinski definition) is 2. The van der Waals surface area contributed by atoms with Crippen LogP contribution in [0.25, 0.3) is 0 Å². The second-order valence-electron chi connectivity index (χ2n) is 8.87. The van der Waals surface area contributed by atoms with Crippen LogP contribution in [0.1, 0.15) is 73.1 Å². The lowest BCUT2D eigenvalue weighted by atomic mass is 9.77. The maximum absolute atomic E-state index is 12.1. The van der Waals surface area contributed by atoms with Crippen molar-refractivity contribution < 1.29 is 15.0 Å². The van der Waals surface area contributed by atoms with Crippen LogP contribution in [0.5, 0.6) is 0 Å². The molecule has 5 atom stereocenters. The van der Waals surface area contributed by atoms with Crippen molar-refractivity contribution in [2.24, 2.45) is 23.7 Å². The average Bonchev–Trinajstić information content (AvgIpc) is 2.60. The van der Waals surface area contributed by atoms with Crippen LogP contribution in [0.3, 0.4) is 0 Å². The molecular weight excluding hydrogens is 288 g/mol. The molecule has 2 aliphatic carbocycles. The molecule has 1 saturated carbocycles. The number of Topliss-reactive ketones (excluding diaryl/α,β-unsaturated/α-hetero) is 1. The van der Waals surface area contributed by atoms with Crippen molar-refractivity contribution in [2.75, 3.05) is 0 Å². The fourth-order valence-corrected chi connectivity index (χ4v) is 4.54. The van der Waals surface area contributed by atoms with Gasteiger partial charge in [0.15, 0.2) is 0 Å². The van der Waals surface area contributed by atoms with Crippen LogP contribution in [-0.4, -0.2) is 27.2 Å². The summed E-state index contributed by atoms with van der Waals surface area (Å²) in [4.78, 5) is 12.1. The first kappa shape index (κ1) is 18.7. The van der Waals surface area contributed by atoms with Crippen LogP contribution in [0.2, 0.25) is 0 Å². The Morgan fingerprint density at radius 1 is 1.17 bits per heavy atom. The highest BCUT2D eigenvalue weighted by Gasteiger charge is 2.51. The van der Waals surface area contributed by atoms with Gasteiger partial charge in [0.05, 0.1) is 11.2 Å². The van der Waals surface area contributed by atoms with E-state index in [1.54, 1.807) is 0 Å². The number of hydrogen-bond acceptors (Lipinski definition) is 3. The van der Waals surface area contributed by atoms with E-state index >= 15 is 0 Å². The van der Waals surface area contributed by atoms with Crippen molar-refractivity contribution in [2.45, 2.75) is 84.3 Å². The Morgan fingerprint density at radius 2 is 1.83 bits per heavy atom. The van der Waals surface area contributed by atoms with E-state index in [-0.39, 0.29) is 17.8 Å². The van der Waals surface area contributed by atoms with Crippen LogP contribution in [-0.2, 0) is 4.79 Å². The standard InChI is InChI=1S/C20H34O3/c1-13(2)10-16(21)11-14(3)15-6-8-19(4,22)17-7-9-20(5,23)18(17)12-15/h12-14,17-18,22-23H,6-11H2,1-5H3/t14-,17+,18-,19+,20-/m0/s1. The van der Waals surface area contributed by atoms with Gasteiger partial charge >= 0.3 is 0 Å². The number of aliphatic hydroxyl groups is 2. The van der Waals surface area contributed by atoms with Gasteiger partial charge in [-0.3, -0.25) is 4.79 Å². The number of carbonyl (C=O) groups is 1. The van der Waals surface area contributed by atoms with E-state index in [1.807, 2.05) is 13.8 Å². The Hall–Kier alpha value is -0.670. The summed E-state index contributed by atoms with van der Waals surface area (Å²) in [6.45, 7) is 10.1. The molecular formula is C20H34O3. The highest BCUT2D eigenvalue weighted by molar-refractivity contribution is 5.79. The number of fused-ring (bicyclic) bond motifs is 1. The van der Waals surface area contributed by atoms with Crippen molar-refractivity contribution >= 4 is 5.78 Å². The summed E-state index contributed by atoms with van der Waals surface area (Å²) < 4.78 is 0. The molecule has 1 fully saturated rings. The summed E-state index contributed by atoms with van der Waals surface area (Å²) in [5.74, 6) is 1.04. The van der Waals surface area contributed by atoms with Gasteiger partial charge in [0.1, 0.15) is 5.78 Å². The number of allylic oxidation sites excluding steroid dienone is 1. The Balaban J connectivity index is 2.17. The molecule has 0 aromatic rings. The van der Waals surface area contributed by atoms with Crippen molar-refractivity contribution in [1.82, 2.24) is 0 Å². The van der Waals surface area contributed by atoms with Crippen molar-refractivity contribution in [1.29, 1.82) is 0 Å². The molecule has 2 N–H and O–H groups in total. The molecule has 0 aliphatic heterocycles. The SMILES string of the molecule is CC(C)CC(=O)C[C@H](C)C1=C[C@H]2[C@@H](CC[C@]2(C)O)[C@](C)(O)CC1. The molecule has 2 aliphatic rings. The van der Waals surface area contributed by atoms with Gasteiger partial charge in [-0.25, -0.2) is 0 Å². The minimum absolute atomic E-state index is 0.00218. The summed E-state index contributed by atoms with van der Waals surface area (Å²) >= 11 is 0. The topological polar surface area (TPSA) is 57.5 Å². The fraction of sp³-hybridized carbons (Fsp3) is 0.850. The van der Waals surface area contributed by atoms with Crippen molar-refractivity contribution in [3.8, 4) is 0 Å². The number of ketones is 1. The van der Waals surface area contributed by atoms with Gasteiger partial charge in [0, 0.05) is 18.8 Å². The van der Waals surface area contributed by atoms with Crippen LogP contribution >= 0.6 is 0 Å². The monoisotopic (exact) mass is 322 g/mol. The first-order valence-electron chi connectivity index (χ1n) is 9.20. The molecule has 0 amide bonds. The molecule has 0 aromatic carbocycles. The van der Waals surface area contributed by atoms with Crippen LogP contribution in [0.15, 0.2) is 11.6 Å². The molecule has 23 heavy (non-hydrogen) atoms. The van der Waals surface area contributed by atoms with E-state index in [0.29, 0.717) is 24.5 Å². The predicted molar refractivity (Wildman–Crippen MR) is 93.0 cm³/mol. The Bertz CT molecular complexity index is 473. The zero-order valence-electron chi connectivity index (χ0n) is 15.4. The fourth-order valence-electron chi connectivity index (χ4n) is 4.54. The van der Waals surface area contributed by atoms with Crippen molar-refractivity contribution in [3.05, 3.63) is 11.6 Å². The molecule has 0 bridgehead atoms. The third-order valence-electron chi connectivity index (χ3n) is 6.03. The highest BCUT2D eigenvalue weighted by Crippen LogP contribution is 2.50. The Morgan fingerprint density at radius 3 is 2.43 bits per heavy atom. The zero-order valence-corrected chi connectivity index (χ0v) is 15.4. The molecule has 2 rings (SSSR count). The van der Waals surface area contributed by atoms with Crippen molar-refractivity contribution in [3.63, 3.8) is 0 Å². The summed E-state index contributed by atoms with van der Waals surface area (Å²) in [5.41, 5.74) is -0.228. The normalized spacial score (nSPS) is 38.9. The van der Waals surface area contributed by atoms with E-state index in [4.69, 9.17) is 0 Å². The van der Waals surface area contributed by atoms with Crippen LogP contribution in [0.4, 0.5) is 0 Å². The molecule has 132 valence electrons. The molecule has 0 unspecified atom stereocenters. The minimum atomic E-state index is -0.744. The summed E-state index contributed by atoms with van der Waals surface area (Å²) in [5, 5.41) is 21.6. The second kappa shape index (κ2) is 6.68. The summed E-state index contributed by atoms with van der Waals surface area (Å²) in [6, 6.07) is 0. The van der Waals surface area contributed by atoms with E-state index in [2.05, 4.69) is 26.8 Å². The van der Waals surface area contributed by atoms with E-state index in [1.165, 1.54) is 5.57 Å². The molecule has 3 nitrogen and oxygen atoms in total. The third-order valence-corrected chi connectivity index (χ3v) is 6.03. The van der Waals surface area contributed by atoms with Gasteiger partial charge in [-0.15, -0.1) is 0 Å². The smallest absolute Gasteiger partial charge is 0.133 e. The maximum atomic E-state index is 12.1. The van der Waals surface area contributed by atoms with E-state index in [9.17, 15) is 15.0 Å². The molecule has 0 heterocycles. The maximum Gasteiger partial charge on any atom is 0.133 e. The van der Waals surface area contributed by atoms with Crippen LogP contribution < -0.4 is 0 Å².